The van der Waals surface area contributed by atoms with Crippen LogP contribution in [0.4, 0.5) is 0 Å². The van der Waals surface area contributed by atoms with E-state index < -0.39 is 36.7 Å². The average molecular weight is 264 g/mol. The molecule has 0 aromatic rings. The minimum absolute atomic E-state index is 0.191. The molecule has 7 heteroatoms. The molecule has 106 valence electrons. The van der Waals surface area contributed by atoms with Gasteiger partial charge in [-0.05, 0) is 6.42 Å². The molecule has 1 aliphatic rings. The first-order chi connectivity index (χ1) is 8.51. The number of aliphatic hydroxyl groups is 3. The Kier molecular flexibility index (Phi) is 5.97. The van der Waals surface area contributed by atoms with Crippen molar-refractivity contribution in [3.8, 4) is 0 Å². The standard InChI is InChI=1S/C11H20O7/c1-3-4-7(12)17-5-6-8(13)9(14)10(15)11(16-2)18-6/h6,8-11,13-15H,3-5H2,1-2H3/t6-,8+,9+,10-,11+/m1/s1. The predicted octanol–water partition coefficient (Wildman–Crippen LogP) is -1.22. The molecule has 0 unspecified atom stereocenters. The monoisotopic (exact) mass is 264 g/mol. The molecule has 5 atom stereocenters. The minimum atomic E-state index is -1.40. The Balaban J connectivity index is 2.51. The van der Waals surface area contributed by atoms with Gasteiger partial charge in [-0.15, -0.1) is 0 Å². The van der Waals surface area contributed by atoms with E-state index in [4.69, 9.17) is 14.2 Å². The third kappa shape index (κ3) is 3.63. The number of carbonyl (C=O) groups is 1. The van der Waals surface area contributed by atoms with Crippen molar-refractivity contribution in [2.24, 2.45) is 0 Å². The number of rotatable bonds is 5. The topological polar surface area (TPSA) is 105 Å². The van der Waals surface area contributed by atoms with Crippen molar-refractivity contribution in [3.63, 3.8) is 0 Å². The SMILES string of the molecule is CCCC(=O)OC[C@H]1O[C@H](OC)[C@H](O)[C@@H](O)[C@H]1O. The van der Waals surface area contributed by atoms with Crippen LogP contribution in [0, 0.1) is 0 Å². The Morgan fingerprint density at radius 3 is 2.44 bits per heavy atom. The smallest absolute Gasteiger partial charge is 0.305 e. The number of methoxy groups -OCH3 is 1. The number of hydrogen-bond acceptors (Lipinski definition) is 7. The fraction of sp³-hybridized carbons (Fsp3) is 0.909. The van der Waals surface area contributed by atoms with Gasteiger partial charge in [0.2, 0.25) is 0 Å². The largest absolute Gasteiger partial charge is 0.463 e. The molecule has 1 aliphatic heterocycles. The zero-order chi connectivity index (χ0) is 13.7. The normalized spacial score (nSPS) is 36.4. The maximum atomic E-state index is 11.2. The van der Waals surface area contributed by atoms with E-state index in [0.717, 1.165) is 0 Å². The molecule has 0 aromatic carbocycles. The van der Waals surface area contributed by atoms with Crippen LogP contribution in [0.1, 0.15) is 19.8 Å². The van der Waals surface area contributed by atoms with Crippen LogP contribution in [0.25, 0.3) is 0 Å². The molecule has 1 saturated heterocycles. The van der Waals surface area contributed by atoms with Gasteiger partial charge in [-0.2, -0.15) is 0 Å². The molecule has 0 aliphatic carbocycles. The first-order valence-electron chi connectivity index (χ1n) is 5.89. The first-order valence-corrected chi connectivity index (χ1v) is 5.89. The van der Waals surface area contributed by atoms with Gasteiger partial charge in [0.1, 0.15) is 31.0 Å². The summed E-state index contributed by atoms with van der Waals surface area (Å²) in [6.45, 7) is 1.65. The molecule has 1 fully saturated rings. The van der Waals surface area contributed by atoms with Gasteiger partial charge in [0.15, 0.2) is 6.29 Å². The number of hydrogen-bond donors (Lipinski definition) is 3. The highest BCUT2D eigenvalue weighted by molar-refractivity contribution is 5.69. The van der Waals surface area contributed by atoms with Gasteiger partial charge >= 0.3 is 5.97 Å². The van der Waals surface area contributed by atoms with Gasteiger partial charge in [-0.3, -0.25) is 4.79 Å². The molecule has 18 heavy (non-hydrogen) atoms. The minimum Gasteiger partial charge on any atom is -0.463 e. The van der Waals surface area contributed by atoms with Crippen molar-refractivity contribution in [1.82, 2.24) is 0 Å². The van der Waals surface area contributed by atoms with Crippen molar-refractivity contribution < 1.29 is 34.3 Å². The van der Waals surface area contributed by atoms with Crippen molar-refractivity contribution >= 4 is 5.97 Å². The lowest BCUT2D eigenvalue weighted by Gasteiger charge is -2.39. The highest BCUT2D eigenvalue weighted by atomic mass is 16.7. The van der Waals surface area contributed by atoms with Crippen LogP contribution in [0.5, 0.6) is 0 Å². The molecule has 1 rings (SSSR count). The van der Waals surface area contributed by atoms with E-state index in [0.29, 0.717) is 6.42 Å². The molecule has 0 spiro atoms. The highest BCUT2D eigenvalue weighted by Gasteiger charge is 2.44. The average Bonchev–Trinajstić information content (AvgIpc) is 2.35. The Morgan fingerprint density at radius 2 is 1.89 bits per heavy atom. The number of carbonyl (C=O) groups excluding carboxylic acids is 1. The van der Waals surface area contributed by atoms with Gasteiger partial charge in [0.05, 0.1) is 0 Å². The van der Waals surface area contributed by atoms with E-state index in [2.05, 4.69) is 0 Å². The van der Waals surface area contributed by atoms with Crippen molar-refractivity contribution in [2.45, 2.75) is 50.5 Å². The summed E-state index contributed by atoms with van der Waals surface area (Å²) in [5.74, 6) is -0.400. The molecular weight excluding hydrogens is 244 g/mol. The lowest BCUT2D eigenvalue weighted by atomic mass is 9.99. The molecule has 1 heterocycles. The summed E-state index contributed by atoms with van der Waals surface area (Å²) in [7, 11) is 1.30. The van der Waals surface area contributed by atoms with Crippen molar-refractivity contribution in [3.05, 3.63) is 0 Å². The van der Waals surface area contributed by atoms with Crippen LogP contribution in [0.2, 0.25) is 0 Å². The fourth-order valence-electron chi connectivity index (χ4n) is 1.70. The maximum Gasteiger partial charge on any atom is 0.305 e. The van der Waals surface area contributed by atoms with Gasteiger partial charge in [0.25, 0.3) is 0 Å². The van der Waals surface area contributed by atoms with E-state index in [9.17, 15) is 20.1 Å². The first kappa shape index (κ1) is 15.3. The zero-order valence-corrected chi connectivity index (χ0v) is 10.5. The van der Waals surface area contributed by atoms with Crippen LogP contribution in [0.15, 0.2) is 0 Å². The Labute approximate surface area is 105 Å². The van der Waals surface area contributed by atoms with Gasteiger partial charge < -0.3 is 29.5 Å². The number of esters is 1. The summed E-state index contributed by atoms with van der Waals surface area (Å²) in [6, 6.07) is 0. The highest BCUT2D eigenvalue weighted by Crippen LogP contribution is 2.21. The van der Waals surface area contributed by atoms with Crippen LogP contribution in [0.3, 0.4) is 0 Å². The second-order valence-corrected chi connectivity index (χ2v) is 4.18. The summed E-state index contributed by atoms with van der Waals surface area (Å²) < 4.78 is 14.9. The molecule has 0 bridgehead atoms. The lowest BCUT2D eigenvalue weighted by molar-refractivity contribution is -0.295. The van der Waals surface area contributed by atoms with Crippen LogP contribution < -0.4 is 0 Å². The third-order valence-corrected chi connectivity index (χ3v) is 2.76. The van der Waals surface area contributed by atoms with Crippen molar-refractivity contribution in [2.75, 3.05) is 13.7 Å². The summed E-state index contributed by atoms with van der Waals surface area (Å²) in [5, 5.41) is 28.8. The zero-order valence-electron chi connectivity index (χ0n) is 10.5. The predicted molar refractivity (Wildman–Crippen MR) is 59.6 cm³/mol. The van der Waals surface area contributed by atoms with E-state index >= 15 is 0 Å². The third-order valence-electron chi connectivity index (χ3n) is 2.76. The molecule has 0 aromatic heterocycles. The second kappa shape index (κ2) is 7.01. The van der Waals surface area contributed by atoms with Crippen LogP contribution >= 0.6 is 0 Å². The van der Waals surface area contributed by atoms with Crippen LogP contribution in [-0.4, -0.2) is 65.7 Å². The Morgan fingerprint density at radius 1 is 1.22 bits per heavy atom. The van der Waals surface area contributed by atoms with Gasteiger partial charge in [-0.25, -0.2) is 0 Å². The Hall–Kier alpha value is -0.730. The quantitative estimate of drug-likeness (QED) is 0.535. The van der Waals surface area contributed by atoms with E-state index in [-0.39, 0.29) is 13.0 Å². The Bertz CT molecular complexity index is 268. The summed E-state index contributed by atoms with van der Waals surface area (Å²) in [6.07, 6.45) is -5.11. The van der Waals surface area contributed by atoms with Gasteiger partial charge in [-0.1, -0.05) is 6.92 Å². The molecule has 0 radical (unpaired) electrons. The van der Waals surface area contributed by atoms with E-state index in [1.807, 2.05) is 6.92 Å². The molecule has 0 saturated carbocycles. The lowest BCUT2D eigenvalue weighted by Crippen LogP contribution is -2.59. The van der Waals surface area contributed by atoms with E-state index in [1.54, 1.807) is 0 Å². The number of ether oxygens (including phenoxy) is 3. The van der Waals surface area contributed by atoms with Gasteiger partial charge in [0, 0.05) is 13.5 Å². The fourth-order valence-corrected chi connectivity index (χ4v) is 1.70. The van der Waals surface area contributed by atoms with Crippen LogP contribution in [-0.2, 0) is 19.0 Å². The van der Waals surface area contributed by atoms with E-state index in [1.165, 1.54) is 7.11 Å². The summed E-state index contributed by atoms with van der Waals surface area (Å²) in [5.41, 5.74) is 0. The van der Waals surface area contributed by atoms with Crippen molar-refractivity contribution in [1.29, 1.82) is 0 Å². The summed E-state index contributed by atoms with van der Waals surface area (Å²) >= 11 is 0. The summed E-state index contributed by atoms with van der Waals surface area (Å²) in [4.78, 5) is 11.2. The molecule has 7 nitrogen and oxygen atoms in total. The maximum absolute atomic E-state index is 11.2. The number of aliphatic hydroxyl groups excluding tert-OH is 3. The molecule has 3 N–H and O–H groups in total. The molecule has 0 amide bonds. The molecular formula is C11H20O7. The second-order valence-electron chi connectivity index (χ2n) is 4.18.